The Bertz CT molecular complexity index is 609. The number of hydrogen-bond donors (Lipinski definition) is 1. The third kappa shape index (κ3) is 2.48. The van der Waals surface area contributed by atoms with Crippen LogP contribution >= 0.6 is 34.5 Å². The monoisotopic (exact) mass is 314 g/mol. The maximum Gasteiger partial charge on any atom is 0.128 e. The van der Waals surface area contributed by atoms with Crippen molar-refractivity contribution in [1.29, 1.82) is 0 Å². The molecule has 0 fully saturated rings. The lowest BCUT2D eigenvalue weighted by molar-refractivity contribution is 0.207. The molecule has 0 bridgehead atoms. The van der Waals surface area contributed by atoms with Crippen molar-refractivity contribution in [3.8, 4) is 5.75 Å². The van der Waals surface area contributed by atoms with Crippen LogP contribution < -0.4 is 4.74 Å². The summed E-state index contributed by atoms with van der Waals surface area (Å²) < 4.78 is 6.80. The summed E-state index contributed by atoms with van der Waals surface area (Å²) in [4.78, 5) is 0. The minimum Gasteiger partial charge on any atom is -0.493 e. The Labute approximate surface area is 125 Å². The highest BCUT2D eigenvalue weighted by Crippen LogP contribution is 2.41. The first-order valence-corrected chi connectivity index (χ1v) is 7.61. The fourth-order valence-corrected chi connectivity index (χ4v) is 3.86. The number of rotatable bonds is 2. The van der Waals surface area contributed by atoms with E-state index < -0.39 is 6.10 Å². The maximum atomic E-state index is 10.5. The van der Waals surface area contributed by atoms with Crippen molar-refractivity contribution in [2.45, 2.75) is 18.9 Å². The second-order valence-corrected chi connectivity index (χ2v) is 6.76. The molecule has 3 rings (SSSR count). The molecule has 5 heteroatoms. The molecule has 0 amide bonds. The van der Waals surface area contributed by atoms with Gasteiger partial charge in [0.05, 0.1) is 10.9 Å². The van der Waals surface area contributed by atoms with E-state index in [1.807, 2.05) is 18.2 Å². The molecular formula is C14H12Cl2O2S. The normalized spacial score (nSPS) is 15.7. The van der Waals surface area contributed by atoms with Gasteiger partial charge in [-0.3, -0.25) is 0 Å². The van der Waals surface area contributed by atoms with Gasteiger partial charge in [0.25, 0.3) is 0 Å². The number of hydrogen-bond acceptors (Lipinski definition) is 3. The van der Waals surface area contributed by atoms with Gasteiger partial charge in [0.1, 0.15) is 16.2 Å². The molecule has 1 unspecified atom stereocenters. The van der Waals surface area contributed by atoms with E-state index in [0.717, 1.165) is 29.7 Å². The van der Waals surface area contributed by atoms with E-state index in [9.17, 15) is 5.11 Å². The highest BCUT2D eigenvalue weighted by atomic mass is 35.5. The lowest BCUT2D eigenvalue weighted by atomic mass is 9.97. The van der Waals surface area contributed by atoms with E-state index in [-0.39, 0.29) is 0 Å². The van der Waals surface area contributed by atoms with Crippen LogP contribution in [0.1, 0.15) is 29.2 Å². The van der Waals surface area contributed by atoms with E-state index in [2.05, 4.69) is 0 Å². The maximum absolute atomic E-state index is 10.5. The van der Waals surface area contributed by atoms with Crippen molar-refractivity contribution < 1.29 is 9.84 Å². The Morgan fingerprint density at radius 3 is 2.84 bits per heavy atom. The first-order chi connectivity index (χ1) is 9.16. The molecule has 2 nitrogen and oxygen atoms in total. The zero-order valence-electron chi connectivity index (χ0n) is 10.0. The van der Waals surface area contributed by atoms with Crippen molar-refractivity contribution >= 4 is 34.5 Å². The number of ether oxygens (including phenoxy) is 1. The molecular weight excluding hydrogens is 303 g/mol. The van der Waals surface area contributed by atoms with E-state index in [4.69, 9.17) is 27.9 Å². The number of benzene rings is 1. The molecule has 19 heavy (non-hydrogen) atoms. The minimum atomic E-state index is -0.802. The van der Waals surface area contributed by atoms with Crippen LogP contribution in [0, 0.1) is 0 Å². The number of aliphatic hydroxyl groups excluding tert-OH is 1. The van der Waals surface area contributed by atoms with E-state index in [1.165, 1.54) is 11.3 Å². The lowest BCUT2D eigenvalue weighted by Crippen LogP contribution is -2.12. The molecule has 0 aliphatic carbocycles. The molecule has 1 aliphatic rings. The average molecular weight is 315 g/mol. The first-order valence-electron chi connectivity index (χ1n) is 6.04. The Kier molecular flexibility index (Phi) is 3.72. The Morgan fingerprint density at radius 2 is 2.11 bits per heavy atom. The van der Waals surface area contributed by atoms with Crippen LogP contribution in [-0.4, -0.2) is 11.7 Å². The van der Waals surface area contributed by atoms with Crippen molar-refractivity contribution in [1.82, 2.24) is 0 Å². The summed E-state index contributed by atoms with van der Waals surface area (Å²) in [5.74, 6) is 0.791. The number of aliphatic hydroxyl groups is 1. The van der Waals surface area contributed by atoms with Gasteiger partial charge in [-0.15, -0.1) is 11.3 Å². The van der Waals surface area contributed by atoms with Crippen LogP contribution in [0.2, 0.25) is 8.67 Å². The number of halogens is 2. The topological polar surface area (TPSA) is 29.5 Å². The summed E-state index contributed by atoms with van der Waals surface area (Å²) in [6, 6.07) is 7.55. The summed E-state index contributed by atoms with van der Waals surface area (Å²) in [5, 5.41) is 10.5. The van der Waals surface area contributed by atoms with E-state index >= 15 is 0 Å². The minimum absolute atomic E-state index is 0.519. The molecule has 0 radical (unpaired) electrons. The van der Waals surface area contributed by atoms with Gasteiger partial charge in [0.2, 0.25) is 0 Å². The summed E-state index contributed by atoms with van der Waals surface area (Å²) in [6.45, 7) is 0.689. The smallest absolute Gasteiger partial charge is 0.128 e. The van der Waals surface area contributed by atoms with Crippen LogP contribution in [0.5, 0.6) is 5.75 Å². The number of fused-ring (bicyclic) bond motifs is 1. The Hall–Kier alpha value is -0.740. The van der Waals surface area contributed by atoms with Gasteiger partial charge in [-0.05, 0) is 24.5 Å². The molecule has 100 valence electrons. The highest BCUT2D eigenvalue weighted by Gasteiger charge is 2.23. The summed E-state index contributed by atoms with van der Waals surface area (Å²) in [7, 11) is 0. The quantitative estimate of drug-likeness (QED) is 0.886. The zero-order valence-corrected chi connectivity index (χ0v) is 12.4. The second kappa shape index (κ2) is 5.33. The fraction of sp³-hybridized carbons (Fsp3) is 0.286. The van der Waals surface area contributed by atoms with E-state index in [0.29, 0.717) is 20.8 Å². The molecule has 1 aliphatic heterocycles. The molecule has 1 aromatic carbocycles. The first kappa shape index (κ1) is 13.3. The molecule has 0 saturated carbocycles. The number of para-hydroxylation sites is 1. The SMILES string of the molecule is OC(c1cc(Cl)sc1Cl)c1cccc2c1OCCC2. The highest BCUT2D eigenvalue weighted by molar-refractivity contribution is 7.20. The molecule has 1 atom stereocenters. The summed E-state index contributed by atoms with van der Waals surface area (Å²) in [5.41, 5.74) is 2.54. The summed E-state index contributed by atoms with van der Waals surface area (Å²) in [6.07, 6.45) is 1.19. The van der Waals surface area contributed by atoms with Crippen LogP contribution in [-0.2, 0) is 6.42 Å². The molecule has 0 spiro atoms. The van der Waals surface area contributed by atoms with Crippen LogP contribution in [0.4, 0.5) is 0 Å². The van der Waals surface area contributed by atoms with Gasteiger partial charge < -0.3 is 9.84 Å². The van der Waals surface area contributed by atoms with Gasteiger partial charge in [-0.25, -0.2) is 0 Å². The second-order valence-electron chi connectivity index (χ2n) is 4.47. The van der Waals surface area contributed by atoms with Crippen LogP contribution in [0.25, 0.3) is 0 Å². The Balaban J connectivity index is 2.04. The van der Waals surface area contributed by atoms with E-state index in [1.54, 1.807) is 6.07 Å². The van der Waals surface area contributed by atoms with Gasteiger partial charge in [0.15, 0.2) is 0 Å². The van der Waals surface area contributed by atoms with Gasteiger partial charge >= 0.3 is 0 Å². The standard InChI is InChI=1S/C14H12Cl2O2S/c15-11-7-10(14(16)19-11)12(17)9-5-1-3-8-4-2-6-18-13(8)9/h1,3,5,7,12,17H,2,4,6H2. The summed E-state index contributed by atoms with van der Waals surface area (Å²) >= 11 is 13.3. The average Bonchev–Trinajstić information content (AvgIpc) is 2.76. The van der Waals surface area contributed by atoms with Crippen LogP contribution in [0.15, 0.2) is 24.3 Å². The molecule has 0 saturated heterocycles. The van der Waals surface area contributed by atoms with Gasteiger partial charge in [-0.1, -0.05) is 41.4 Å². The largest absolute Gasteiger partial charge is 0.493 e. The molecule has 1 aromatic heterocycles. The molecule has 1 N–H and O–H groups in total. The molecule has 2 aromatic rings. The predicted molar refractivity (Wildman–Crippen MR) is 78.7 cm³/mol. The lowest BCUT2D eigenvalue weighted by Gasteiger charge is -2.22. The molecule has 2 heterocycles. The van der Waals surface area contributed by atoms with Crippen molar-refractivity contribution in [2.24, 2.45) is 0 Å². The van der Waals surface area contributed by atoms with Gasteiger partial charge in [0, 0.05) is 11.1 Å². The fourth-order valence-electron chi connectivity index (χ4n) is 2.34. The van der Waals surface area contributed by atoms with Crippen molar-refractivity contribution in [3.63, 3.8) is 0 Å². The van der Waals surface area contributed by atoms with Crippen molar-refractivity contribution in [3.05, 3.63) is 49.6 Å². The predicted octanol–water partition coefficient (Wildman–Crippen LogP) is 4.46. The zero-order chi connectivity index (χ0) is 13.4. The Morgan fingerprint density at radius 1 is 1.26 bits per heavy atom. The number of aryl methyl sites for hydroxylation is 1. The van der Waals surface area contributed by atoms with Gasteiger partial charge in [-0.2, -0.15) is 0 Å². The number of thiophene rings is 1. The third-order valence-electron chi connectivity index (χ3n) is 3.24. The third-order valence-corrected chi connectivity index (χ3v) is 4.75. The van der Waals surface area contributed by atoms with Crippen molar-refractivity contribution in [2.75, 3.05) is 6.61 Å². The van der Waals surface area contributed by atoms with Crippen LogP contribution in [0.3, 0.4) is 0 Å².